The van der Waals surface area contributed by atoms with Gasteiger partial charge in [0.25, 0.3) is 5.91 Å². The molecule has 2 aromatic rings. The first-order chi connectivity index (χ1) is 12.6. The number of benzene rings is 2. The van der Waals surface area contributed by atoms with Gasteiger partial charge in [-0.2, -0.15) is 0 Å². The SMILES string of the molecule is CC[C@@H](Oc1ccccc1C)C(=O)N1CCN(c2ccccc2F)CC1. The molecule has 0 aromatic heterocycles. The van der Waals surface area contributed by atoms with E-state index < -0.39 is 6.10 Å². The van der Waals surface area contributed by atoms with E-state index in [0.29, 0.717) is 38.3 Å². The second-order valence-corrected chi connectivity index (χ2v) is 6.54. The first-order valence-corrected chi connectivity index (χ1v) is 9.10. The number of carbonyl (C=O) groups excluding carboxylic acids is 1. The molecule has 1 aliphatic heterocycles. The van der Waals surface area contributed by atoms with E-state index in [9.17, 15) is 9.18 Å². The fraction of sp³-hybridized carbons (Fsp3) is 0.381. The van der Waals surface area contributed by atoms with Crippen LogP contribution in [0, 0.1) is 12.7 Å². The Morgan fingerprint density at radius 1 is 1.08 bits per heavy atom. The van der Waals surface area contributed by atoms with E-state index in [2.05, 4.69) is 0 Å². The van der Waals surface area contributed by atoms with Crippen LogP contribution in [0.25, 0.3) is 0 Å². The first kappa shape index (κ1) is 18.2. The Kier molecular flexibility index (Phi) is 5.76. The number of anilines is 1. The van der Waals surface area contributed by atoms with Crippen LogP contribution in [-0.4, -0.2) is 43.1 Å². The van der Waals surface area contributed by atoms with Gasteiger partial charge in [0.05, 0.1) is 5.69 Å². The van der Waals surface area contributed by atoms with Gasteiger partial charge in [-0.3, -0.25) is 4.79 Å². The highest BCUT2D eigenvalue weighted by Crippen LogP contribution is 2.22. The molecular formula is C21H25FN2O2. The third kappa shape index (κ3) is 3.98. The van der Waals surface area contributed by atoms with Gasteiger partial charge < -0.3 is 14.5 Å². The maximum Gasteiger partial charge on any atom is 0.263 e. The molecule has 1 amide bonds. The molecule has 1 atom stereocenters. The summed E-state index contributed by atoms with van der Waals surface area (Å²) in [6.07, 6.45) is 0.122. The standard InChI is InChI=1S/C21H25FN2O2/c1-3-19(26-20-11-7-4-8-16(20)2)21(25)24-14-12-23(13-15-24)18-10-6-5-9-17(18)22/h4-11,19H,3,12-15H2,1-2H3/t19-/m1/s1. The smallest absolute Gasteiger partial charge is 0.263 e. The fourth-order valence-corrected chi connectivity index (χ4v) is 3.23. The molecule has 1 aliphatic rings. The highest BCUT2D eigenvalue weighted by molar-refractivity contribution is 5.81. The van der Waals surface area contributed by atoms with Gasteiger partial charge in [-0.05, 0) is 37.1 Å². The van der Waals surface area contributed by atoms with E-state index in [1.54, 1.807) is 12.1 Å². The number of para-hydroxylation sites is 2. The quantitative estimate of drug-likeness (QED) is 0.820. The molecule has 26 heavy (non-hydrogen) atoms. The highest BCUT2D eigenvalue weighted by Gasteiger charge is 2.28. The number of piperazine rings is 1. The Hall–Kier alpha value is -2.56. The van der Waals surface area contributed by atoms with Crippen LogP contribution < -0.4 is 9.64 Å². The zero-order chi connectivity index (χ0) is 18.5. The molecule has 5 heteroatoms. The largest absolute Gasteiger partial charge is 0.480 e. The van der Waals surface area contributed by atoms with E-state index in [-0.39, 0.29) is 11.7 Å². The summed E-state index contributed by atoms with van der Waals surface area (Å²) in [5, 5.41) is 0. The second kappa shape index (κ2) is 8.21. The Morgan fingerprint density at radius 2 is 1.73 bits per heavy atom. The van der Waals surface area contributed by atoms with E-state index in [1.165, 1.54) is 6.07 Å². The van der Waals surface area contributed by atoms with E-state index in [0.717, 1.165) is 11.3 Å². The van der Waals surface area contributed by atoms with E-state index >= 15 is 0 Å². The molecular weight excluding hydrogens is 331 g/mol. The molecule has 0 saturated carbocycles. The summed E-state index contributed by atoms with van der Waals surface area (Å²) in [5.41, 5.74) is 1.62. The lowest BCUT2D eigenvalue weighted by Crippen LogP contribution is -2.52. The van der Waals surface area contributed by atoms with E-state index in [1.807, 2.05) is 54.0 Å². The van der Waals surface area contributed by atoms with Crippen LogP contribution in [0.3, 0.4) is 0 Å². The fourth-order valence-electron chi connectivity index (χ4n) is 3.23. The number of aryl methyl sites for hydroxylation is 1. The molecule has 0 N–H and O–H groups in total. The Balaban J connectivity index is 1.62. The van der Waals surface area contributed by atoms with Crippen molar-refractivity contribution in [3.05, 3.63) is 59.9 Å². The Labute approximate surface area is 154 Å². The number of hydrogen-bond donors (Lipinski definition) is 0. The first-order valence-electron chi connectivity index (χ1n) is 9.10. The molecule has 0 spiro atoms. The van der Waals surface area contributed by atoms with Gasteiger partial charge in [0, 0.05) is 26.2 Å². The summed E-state index contributed by atoms with van der Waals surface area (Å²) in [6, 6.07) is 14.5. The number of hydrogen-bond acceptors (Lipinski definition) is 3. The lowest BCUT2D eigenvalue weighted by Gasteiger charge is -2.37. The summed E-state index contributed by atoms with van der Waals surface area (Å²) in [5.74, 6) is 0.531. The molecule has 1 heterocycles. The minimum atomic E-state index is -0.490. The van der Waals surface area contributed by atoms with Gasteiger partial charge in [-0.15, -0.1) is 0 Å². The van der Waals surface area contributed by atoms with Gasteiger partial charge in [0.2, 0.25) is 0 Å². The third-order valence-electron chi connectivity index (χ3n) is 4.79. The van der Waals surface area contributed by atoms with Gasteiger partial charge in [0.15, 0.2) is 6.10 Å². The predicted molar refractivity (Wildman–Crippen MR) is 101 cm³/mol. The number of halogens is 1. The lowest BCUT2D eigenvalue weighted by atomic mass is 10.2. The number of ether oxygens (including phenoxy) is 1. The van der Waals surface area contributed by atoms with Crippen molar-refractivity contribution in [1.29, 1.82) is 0 Å². The summed E-state index contributed by atoms with van der Waals surface area (Å²) < 4.78 is 19.9. The zero-order valence-corrected chi connectivity index (χ0v) is 15.3. The maximum atomic E-state index is 14.0. The average Bonchev–Trinajstić information content (AvgIpc) is 2.67. The molecule has 138 valence electrons. The van der Waals surface area contributed by atoms with Crippen molar-refractivity contribution in [2.45, 2.75) is 26.4 Å². The molecule has 1 saturated heterocycles. The number of nitrogens with zero attached hydrogens (tertiary/aromatic N) is 2. The van der Waals surface area contributed by atoms with Crippen LogP contribution in [0.4, 0.5) is 10.1 Å². The molecule has 0 radical (unpaired) electrons. The van der Waals surface area contributed by atoms with Crippen molar-refractivity contribution < 1.29 is 13.9 Å². The zero-order valence-electron chi connectivity index (χ0n) is 15.3. The van der Waals surface area contributed by atoms with Crippen LogP contribution in [-0.2, 0) is 4.79 Å². The van der Waals surface area contributed by atoms with Crippen molar-refractivity contribution in [2.75, 3.05) is 31.1 Å². The van der Waals surface area contributed by atoms with E-state index in [4.69, 9.17) is 4.74 Å². The van der Waals surface area contributed by atoms with Gasteiger partial charge in [0.1, 0.15) is 11.6 Å². The van der Waals surface area contributed by atoms with Crippen molar-refractivity contribution in [1.82, 2.24) is 4.90 Å². The molecule has 3 rings (SSSR count). The van der Waals surface area contributed by atoms with Crippen LogP contribution in [0.5, 0.6) is 5.75 Å². The number of amides is 1. The highest BCUT2D eigenvalue weighted by atomic mass is 19.1. The molecule has 0 aliphatic carbocycles. The summed E-state index contributed by atoms with van der Waals surface area (Å²) in [7, 11) is 0. The number of carbonyl (C=O) groups is 1. The van der Waals surface area contributed by atoms with Crippen LogP contribution in [0.1, 0.15) is 18.9 Å². The molecule has 0 bridgehead atoms. The maximum absolute atomic E-state index is 14.0. The lowest BCUT2D eigenvalue weighted by molar-refractivity contribution is -0.139. The van der Waals surface area contributed by atoms with Gasteiger partial charge in [-0.1, -0.05) is 37.3 Å². The Morgan fingerprint density at radius 3 is 2.38 bits per heavy atom. The predicted octanol–water partition coefficient (Wildman–Crippen LogP) is 3.64. The van der Waals surface area contributed by atoms with Crippen LogP contribution in [0.2, 0.25) is 0 Å². The number of rotatable bonds is 5. The van der Waals surface area contributed by atoms with Gasteiger partial charge >= 0.3 is 0 Å². The van der Waals surface area contributed by atoms with Crippen LogP contribution in [0.15, 0.2) is 48.5 Å². The monoisotopic (exact) mass is 356 g/mol. The molecule has 4 nitrogen and oxygen atoms in total. The van der Waals surface area contributed by atoms with Crippen LogP contribution >= 0.6 is 0 Å². The molecule has 2 aromatic carbocycles. The van der Waals surface area contributed by atoms with Gasteiger partial charge in [-0.25, -0.2) is 4.39 Å². The summed E-state index contributed by atoms with van der Waals surface area (Å²) >= 11 is 0. The second-order valence-electron chi connectivity index (χ2n) is 6.54. The van der Waals surface area contributed by atoms with Crippen molar-refractivity contribution in [2.24, 2.45) is 0 Å². The molecule has 0 unspecified atom stereocenters. The summed E-state index contributed by atoms with van der Waals surface area (Å²) in [6.45, 7) is 6.30. The van der Waals surface area contributed by atoms with Crippen molar-refractivity contribution in [3.8, 4) is 5.75 Å². The molecule has 1 fully saturated rings. The summed E-state index contributed by atoms with van der Waals surface area (Å²) in [4.78, 5) is 16.7. The minimum Gasteiger partial charge on any atom is -0.480 e. The minimum absolute atomic E-state index is 0.00365. The Bertz CT molecular complexity index is 757. The average molecular weight is 356 g/mol. The third-order valence-corrected chi connectivity index (χ3v) is 4.79. The normalized spacial score (nSPS) is 15.7. The topological polar surface area (TPSA) is 32.8 Å². The van der Waals surface area contributed by atoms with Crippen molar-refractivity contribution >= 4 is 11.6 Å². The van der Waals surface area contributed by atoms with Crippen molar-refractivity contribution in [3.63, 3.8) is 0 Å².